The number of amides is 1. The molecule has 3 aromatic rings. The molecule has 1 aliphatic rings. The van der Waals surface area contributed by atoms with E-state index in [2.05, 4.69) is 10.3 Å². The summed E-state index contributed by atoms with van der Waals surface area (Å²) >= 11 is 0. The van der Waals surface area contributed by atoms with Crippen LogP contribution in [-0.2, 0) is 11.3 Å². The molecular weight excluding hydrogens is 366 g/mol. The van der Waals surface area contributed by atoms with E-state index >= 15 is 0 Å². The van der Waals surface area contributed by atoms with E-state index in [0.29, 0.717) is 16.6 Å². The van der Waals surface area contributed by atoms with Gasteiger partial charge in [0.1, 0.15) is 12.2 Å². The molecule has 6 nitrogen and oxygen atoms in total. The van der Waals surface area contributed by atoms with Crippen molar-refractivity contribution in [1.29, 1.82) is 0 Å². The van der Waals surface area contributed by atoms with Gasteiger partial charge in [-0.1, -0.05) is 43.2 Å². The van der Waals surface area contributed by atoms with Crippen molar-refractivity contribution in [2.24, 2.45) is 0 Å². The summed E-state index contributed by atoms with van der Waals surface area (Å²) in [7, 11) is 0. The average Bonchev–Trinajstić information content (AvgIpc) is 3.23. The number of aryl methyl sites for hydroxylation is 1. The van der Waals surface area contributed by atoms with Crippen molar-refractivity contribution in [2.75, 3.05) is 0 Å². The molecule has 0 saturated heterocycles. The van der Waals surface area contributed by atoms with Gasteiger partial charge in [-0.2, -0.15) is 0 Å². The maximum Gasteiger partial charge on any atom is 0.240 e. The number of ketones is 1. The first-order valence-electron chi connectivity index (χ1n) is 9.93. The highest BCUT2D eigenvalue weighted by Gasteiger charge is 2.21. The number of carbonyl (C=O) groups excluding carboxylic acids is 2. The van der Waals surface area contributed by atoms with Gasteiger partial charge >= 0.3 is 0 Å². The Balaban J connectivity index is 1.76. The molecule has 1 amide bonds. The van der Waals surface area contributed by atoms with Crippen molar-refractivity contribution in [1.82, 2.24) is 14.9 Å². The number of nitrogens with one attached hydrogen (secondary N) is 1. The zero-order chi connectivity index (χ0) is 20.4. The zero-order valence-corrected chi connectivity index (χ0v) is 16.4. The molecule has 0 bridgehead atoms. The summed E-state index contributed by atoms with van der Waals surface area (Å²) in [6.07, 6.45) is 5.71. The Kier molecular flexibility index (Phi) is 5.25. The first kappa shape index (κ1) is 19.1. The molecule has 1 aromatic carbocycles. The third-order valence-electron chi connectivity index (χ3n) is 5.38. The highest BCUT2D eigenvalue weighted by molar-refractivity contribution is 6.10. The Morgan fingerprint density at radius 1 is 1.10 bits per heavy atom. The van der Waals surface area contributed by atoms with Crippen LogP contribution in [0.3, 0.4) is 0 Å². The largest absolute Gasteiger partial charge is 0.352 e. The fourth-order valence-electron chi connectivity index (χ4n) is 3.89. The van der Waals surface area contributed by atoms with Gasteiger partial charge in [0.15, 0.2) is 5.78 Å². The minimum atomic E-state index is -0.367. The Bertz CT molecular complexity index is 1130. The first-order valence-corrected chi connectivity index (χ1v) is 9.93. The minimum Gasteiger partial charge on any atom is -0.352 e. The van der Waals surface area contributed by atoms with E-state index in [4.69, 9.17) is 0 Å². The van der Waals surface area contributed by atoms with E-state index in [-0.39, 0.29) is 35.3 Å². The molecule has 0 unspecified atom stereocenters. The summed E-state index contributed by atoms with van der Waals surface area (Å²) in [5.41, 5.74) is 1.27. The van der Waals surface area contributed by atoms with Crippen LogP contribution in [0.15, 0.2) is 53.5 Å². The van der Waals surface area contributed by atoms with Crippen LogP contribution in [0.1, 0.15) is 47.3 Å². The van der Waals surface area contributed by atoms with E-state index in [1.54, 1.807) is 41.0 Å². The molecule has 1 saturated carbocycles. The fourth-order valence-corrected chi connectivity index (χ4v) is 3.89. The summed E-state index contributed by atoms with van der Waals surface area (Å²) in [6, 6.07) is 12.3. The molecule has 29 heavy (non-hydrogen) atoms. The van der Waals surface area contributed by atoms with E-state index in [9.17, 15) is 14.4 Å². The van der Waals surface area contributed by atoms with Crippen molar-refractivity contribution in [3.05, 3.63) is 75.7 Å². The molecule has 0 radical (unpaired) electrons. The lowest BCUT2D eigenvalue weighted by Gasteiger charge is -2.15. The van der Waals surface area contributed by atoms with E-state index in [1.807, 2.05) is 13.0 Å². The number of pyridine rings is 2. The van der Waals surface area contributed by atoms with Crippen LogP contribution >= 0.6 is 0 Å². The highest BCUT2D eigenvalue weighted by atomic mass is 16.2. The fraction of sp³-hybridized carbons (Fsp3) is 0.304. The molecule has 148 valence electrons. The summed E-state index contributed by atoms with van der Waals surface area (Å²) in [5.74, 6) is -0.494. The second-order valence-electron chi connectivity index (χ2n) is 7.57. The predicted molar refractivity (Wildman–Crippen MR) is 111 cm³/mol. The van der Waals surface area contributed by atoms with Gasteiger partial charge in [0.2, 0.25) is 11.3 Å². The van der Waals surface area contributed by atoms with Crippen LogP contribution in [-0.4, -0.2) is 27.3 Å². The molecule has 4 rings (SSSR count). The van der Waals surface area contributed by atoms with Crippen LogP contribution in [0, 0.1) is 6.92 Å². The number of nitrogens with zero attached hydrogens (tertiary/aromatic N) is 2. The summed E-state index contributed by atoms with van der Waals surface area (Å²) in [4.78, 5) is 43.0. The second-order valence-corrected chi connectivity index (χ2v) is 7.57. The summed E-state index contributed by atoms with van der Waals surface area (Å²) in [5, 5.41) is 3.39. The molecule has 1 aliphatic carbocycles. The van der Waals surface area contributed by atoms with Crippen LogP contribution in [0.25, 0.3) is 11.0 Å². The Hall–Kier alpha value is -3.28. The first-order chi connectivity index (χ1) is 14.0. The topological polar surface area (TPSA) is 81.1 Å². The number of carbonyl (C=O) groups is 2. The lowest BCUT2D eigenvalue weighted by molar-refractivity contribution is -0.122. The van der Waals surface area contributed by atoms with Gasteiger partial charge in [0.25, 0.3) is 0 Å². The van der Waals surface area contributed by atoms with Crippen LogP contribution in [0.2, 0.25) is 0 Å². The lowest BCUT2D eigenvalue weighted by atomic mass is 10.0. The molecule has 6 heteroatoms. The zero-order valence-electron chi connectivity index (χ0n) is 16.4. The number of hydrogen-bond donors (Lipinski definition) is 1. The molecule has 0 aliphatic heterocycles. The van der Waals surface area contributed by atoms with E-state index in [0.717, 1.165) is 31.4 Å². The van der Waals surface area contributed by atoms with Gasteiger partial charge in [0.05, 0.1) is 10.9 Å². The van der Waals surface area contributed by atoms with Crippen molar-refractivity contribution < 1.29 is 9.59 Å². The normalized spacial score (nSPS) is 14.2. The van der Waals surface area contributed by atoms with Gasteiger partial charge < -0.3 is 9.88 Å². The van der Waals surface area contributed by atoms with Gasteiger partial charge in [-0.15, -0.1) is 0 Å². The van der Waals surface area contributed by atoms with Gasteiger partial charge in [-0.05, 0) is 31.9 Å². The van der Waals surface area contributed by atoms with Crippen molar-refractivity contribution in [2.45, 2.75) is 45.2 Å². The summed E-state index contributed by atoms with van der Waals surface area (Å²) < 4.78 is 1.62. The van der Waals surface area contributed by atoms with Crippen molar-refractivity contribution in [3.8, 4) is 0 Å². The number of aromatic nitrogens is 2. The van der Waals surface area contributed by atoms with Crippen molar-refractivity contribution in [3.63, 3.8) is 0 Å². The molecule has 0 spiro atoms. The summed E-state index contributed by atoms with van der Waals surface area (Å²) in [6.45, 7) is 1.84. The van der Waals surface area contributed by atoms with Gasteiger partial charge in [0, 0.05) is 23.5 Å². The third-order valence-corrected chi connectivity index (χ3v) is 5.38. The van der Waals surface area contributed by atoms with E-state index in [1.165, 1.54) is 6.20 Å². The third kappa shape index (κ3) is 3.97. The smallest absolute Gasteiger partial charge is 0.240 e. The number of benzene rings is 1. The van der Waals surface area contributed by atoms with Crippen LogP contribution < -0.4 is 10.7 Å². The monoisotopic (exact) mass is 389 g/mol. The number of hydrogen-bond acceptors (Lipinski definition) is 4. The molecule has 1 fully saturated rings. The lowest BCUT2D eigenvalue weighted by Crippen LogP contribution is -2.35. The molecular formula is C23H23N3O3. The minimum absolute atomic E-state index is 0.0127. The molecule has 1 N–H and O–H groups in total. The van der Waals surface area contributed by atoms with Gasteiger partial charge in [-0.25, -0.2) is 4.98 Å². The standard InChI is InChI=1S/C23H23N3O3/c1-15-11-12-18-22(29)19(21(28)16-7-3-2-4-8-16)13-26(23(18)24-15)14-20(27)25-17-9-5-6-10-17/h2-4,7-8,11-13,17H,5-6,9-10,14H2,1H3,(H,25,27). The number of rotatable bonds is 5. The number of fused-ring (bicyclic) bond motifs is 1. The molecule has 0 atom stereocenters. The predicted octanol–water partition coefficient (Wildman–Crippen LogP) is 2.99. The van der Waals surface area contributed by atoms with Gasteiger partial charge in [-0.3, -0.25) is 14.4 Å². The van der Waals surface area contributed by atoms with E-state index < -0.39 is 0 Å². The quantitative estimate of drug-likeness (QED) is 0.680. The SMILES string of the molecule is Cc1ccc2c(=O)c(C(=O)c3ccccc3)cn(CC(=O)NC3CCCC3)c2n1. The van der Waals surface area contributed by atoms with Crippen LogP contribution in [0.4, 0.5) is 0 Å². The molecule has 2 heterocycles. The Morgan fingerprint density at radius 2 is 1.83 bits per heavy atom. The van der Waals surface area contributed by atoms with Crippen LogP contribution in [0.5, 0.6) is 0 Å². The van der Waals surface area contributed by atoms with Crippen molar-refractivity contribution >= 4 is 22.7 Å². The maximum atomic E-state index is 13.0. The highest BCUT2D eigenvalue weighted by Crippen LogP contribution is 2.18. The second kappa shape index (κ2) is 7.99. The Morgan fingerprint density at radius 3 is 2.55 bits per heavy atom. The maximum absolute atomic E-state index is 13.0. The molecule has 2 aromatic heterocycles. The average molecular weight is 389 g/mol. The Labute approximate surface area is 168 Å².